The summed E-state index contributed by atoms with van der Waals surface area (Å²) in [5.74, 6) is 0.645. The number of hydrogen-bond acceptors (Lipinski definition) is 5. The minimum atomic E-state index is 0.0105. The van der Waals surface area contributed by atoms with Crippen molar-refractivity contribution in [1.29, 1.82) is 0 Å². The van der Waals surface area contributed by atoms with E-state index in [1.807, 2.05) is 53.4 Å². The number of carbonyl (C=O) groups is 1. The molecule has 1 atom stereocenters. The van der Waals surface area contributed by atoms with Crippen LogP contribution in [0.15, 0.2) is 67.1 Å². The molecule has 1 saturated heterocycles. The van der Waals surface area contributed by atoms with E-state index in [9.17, 15) is 4.79 Å². The second-order valence-electron chi connectivity index (χ2n) is 6.61. The molecule has 1 fully saturated rings. The lowest BCUT2D eigenvalue weighted by Gasteiger charge is -2.34. The first-order valence-electron chi connectivity index (χ1n) is 9.10. The van der Waals surface area contributed by atoms with Crippen molar-refractivity contribution in [3.05, 3.63) is 83.3 Å². The number of benzene rings is 2. The fourth-order valence-corrected chi connectivity index (χ4v) is 3.50. The van der Waals surface area contributed by atoms with Gasteiger partial charge in [-0.1, -0.05) is 29.8 Å². The van der Waals surface area contributed by atoms with Crippen LogP contribution in [-0.2, 0) is 0 Å². The summed E-state index contributed by atoms with van der Waals surface area (Å²) < 4.78 is 0. The predicted molar refractivity (Wildman–Crippen MR) is 110 cm³/mol. The van der Waals surface area contributed by atoms with Crippen LogP contribution in [0.25, 0.3) is 0 Å². The highest BCUT2D eigenvalue weighted by Crippen LogP contribution is 2.23. The molecular formula is C21H20ClN5O. The molecule has 2 aromatic carbocycles. The molecule has 1 unspecified atom stereocenters. The number of carbonyl (C=O) groups excluding carboxylic acids is 1. The van der Waals surface area contributed by atoms with E-state index in [-0.39, 0.29) is 11.9 Å². The highest BCUT2D eigenvalue weighted by Gasteiger charge is 2.25. The maximum absolute atomic E-state index is 13.1. The van der Waals surface area contributed by atoms with Gasteiger partial charge >= 0.3 is 0 Å². The topological polar surface area (TPSA) is 70.2 Å². The van der Waals surface area contributed by atoms with Gasteiger partial charge in [0.2, 0.25) is 0 Å². The average Bonchev–Trinajstić information content (AvgIpc) is 2.74. The number of nitrogens with one attached hydrogen (secondary N) is 2. The van der Waals surface area contributed by atoms with Crippen LogP contribution in [0, 0.1) is 0 Å². The fourth-order valence-electron chi connectivity index (χ4n) is 3.31. The number of rotatable bonds is 4. The maximum atomic E-state index is 13.1. The Labute approximate surface area is 168 Å². The zero-order valence-corrected chi connectivity index (χ0v) is 15.9. The van der Waals surface area contributed by atoms with Gasteiger partial charge in [-0.05, 0) is 35.9 Å². The molecule has 2 N–H and O–H groups in total. The maximum Gasteiger partial charge on any atom is 0.254 e. The Morgan fingerprint density at radius 1 is 1.18 bits per heavy atom. The molecule has 1 amide bonds. The van der Waals surface area contributed by atoms with Gasteiger partial charge in [0.15, 0.2) is 0 Å². The van der Waals surface area contributed by atoms with Gasteiger partial charge < -0.3 is 15.5 Å². The van der Waals surface area contributed by atoms with E-state index in [2.05, 4.69) is 20.6 Å². The van der Waals surface area contributed by atoms with Gasteiger partial charge in [0.1, 0.15) is 5.82 Å². The first kappa shape index (κ1) is 18.4. The summed E-state index contributed by atoms with van der Waals surface area (Å²) in [6.45, 7) is 2.00. The van der Waals surface area contributed by atoms with E-state index < -0.39 is 0 Å². The number of amides is 1. The smallest absolute Gasteiger partial charge is 0.254 e. The lowest BCUT2D eigenvalue weighted by Crippen LogP contribution is -2.48. The number of anilines is 2. The Morgan fingerprint density at radius 2 is 2.07 bits per heavy atom. The molecule has 4 rings (SSSR count). The van der Waals surface area contributed by atoms with Gasteiger partial charge in [-0.15, -0.1) is 0 Å². The van der Waals surface area contributed by atoms with Gasteiger partial charge in [0.25, 0.3) is 5.91 Å². The Balaban J connectivity index is 1.48. The second-order valence-corrected chi connectivity index (χ2v) is 7.05. The van der Waals surface area contributed by atoms with E-state index in [0.29, 0.717) is 29.5 Å². The van der Waals surface area contributed by atoms with Crippen molar-refractivity contribution in [2.24, 2.45) is 0 Å². The van der Waals surface area contributed by atoms with Crippen LogP contribution in [0.5, 0.6) is 0 Å². The fraction of sp³-hybridized carbons (Fsp3) is 0.190. The van der Waals surface area contributed by atoms with Crippen molar-refractivity contribution in [2.45, 2.75) is 6.04 Å². The molecule has 1 aromatic heterocycles. The number of halogens is 1. The average molecular weight is 394 g/mol. The number of hydrogen-bond donors (Lipinski definition) is 2. The van der Waals surface area contributed by atoms with Crippen LogP contribution in [0.4, 0.5) is 11.5 Å². The number of piperazine rings is 1. The van der Waals surface area contributed by atoms with E-state index in [1.54, 1.807) is 18.6 Å². The Hall–Kier alpha value is -2.96. The van der Waals surface area contributed by atoms with E-state index in [0.717, 1.165) is 17.8 Å². The van der Waals surface area contributed by atoms with Crippen LogP contribution in [0.1, 0.15) is 22.0 Å². The minimum absolute atomic E-state index is 0.0105. The molecule has 0 radical (unpaired) electrons. The predicted octanol–water partition coefficient (Wildman–Crippen LogP) is 3.66. The van der Waals surface area contributed by atoms with Crippen LogP contribution in [0.3, 0.4) is 0 Å². The largest absolute Gasteiger partial charge is 0.339 e. The third-order valence-corrected chi connectivity index (χ3v) is 4.89. The molecule has 6 nitrogen and oxygen atoms in total. The van der Waals surface area contributed by atoms with Crippen LogP contribution >= 0.6 is 11.6 Å². The van der Waals surface area contributed by atoms with Gasteiger partial charge in [-0.3, -0.25) is 9.78 Å². The van der Waals surface area contributed by atoms with Crippen molar-refractivity contribution >= 4 is 29.0 Å². The first-order valence-corrected chi connectivity index (χ1v) is 9.48. The van der Waals surface area contributed by atoms with Crippen molar-refractivity contribution in [3.63, 3.8) is 0 Å². The zero-order valence-electron chi connectivity index (χ0n) is 15.2. The molecule has 142 valence electrons. The molecule has 1 aliphatic rings. The van der Waals surface area contributed by atoms with E-state index in [4.69, 9.17) is 11.6 Å². The van der Waals surface area contributed by atoms with Crippen LogP contribution < -0.4 is 10.6 Å². The molecule has 1 aliphatic heterocycles. The third-order valence-electron chi connectivity index (χ3n) is 4.66. The molecule has 0 saturated carbocycles. The summed E-state index contributed by atoms with van der Waals surface area (Å²) in [5.41, 5.74) is 2.52. The van der Waals surface area contributed by atoms with Gasteiger partial charge in [-0.25, -0.2) is 4.98 Å². The third kappa shape index (κ3) is 4.30. The monoisotopic (exact) mass is 393 g/mol. The molecule has 0 spiro atoms. The number of nitrogens with zero attached hydrogens (tertiary/aromatic N) is 3. The van der Waals surface area contributed by atoms with E-state index in [1.165, 1.54) is 0 Å². The quantitative estimate of drug-likeness (QED) is 0.707. The lowest BCUT2D eigenvalue weighted by molar-refractivity contribution is 0.0703. The van der Waals surface area contributed by atoms with Crippen LogP contribution in [0.2, 0.25) is 5.02 Å². The Bertz CT molecular complexity index is 966. The summed E-state index contributed by atoms with van der Waals surface area (Å²) in [7, 11) is 0. The second kappa shape index (κ2) is 8.37. The molecular weight excluding hydrogens is 374 g/mol. The molecule has 7 heteroatoms. The van der Waals surface area contributed by atoms with Crippen molar-refractivity contribution in [3.8, 4) is 0 Å². The Kier molecular flexibility index (Phi) is 5.50. The highest BCUT2D eigenvalue weighted by molar-refractivity contribution is 6.30. The summed E-state index contributed by atoms with van der Waals surface area (Å²) >= 11 is 6.12. The normalized spacial score (nSPS) is 16.6. The van der Waals surface area contributed by atoms with Gasteiger partial charge in [0, 0.05) is 48.3 Å². The van der Waals surface area contributed by atoms with Gasteiger partial charge in [0.05, 0.1) is 12.2 Å². The van der Waals surface area contributed by atoms with Crippen molar-refractivity contribution in [1.82, 2.24) is 20.2 Å². The SMILES string of the molecule is O=C(c1cccc(Nc2cnccn2)c1)N1CCNC(c2cccc(Cl)c2)C1. The standard InChI is InChI=1S/C21H20ClN5O/c22-17-5-1-3-15(11-17)19-14-27(10-9-24-19)21(28)16-4-2-6-18(12-16)26-20-13-23-7-8-25-20/h1-8,11-13,19,24H,9-10,14H2,(H,25,26). The molecule has 0 aliphatic carbocycles. The van der Waals surface area contributed by atoms with Crippen molar-refractivity contribution < 1.29 is 4.79 Å². The van der Waals surface area contributed by atoms with Crippen LogP contribution in [-0.4, -0.2) is 40.4 Å². The zero-order chi connectivity index (χ0) is 19.3. The minimum Gasteiger partial charge on any atom is -0.339 e. The molecule has 0 bridgehead atoms. The van der Waals surface area contributed by atoms with E-state index >= 15 is 0 Å². The summed E-state index contributed by atoms with van der Waals surface area (Å²) in [6, 6.07) is 15.3. The molecule has 3 aromatic rings. The summed E-state index contributed by atoms with van der Waals surface area (Å²) in [6.07, 6.45) is 4.88. The Morgan fingerprint density at radius 3 is 2.89 bits per heavy atom. The highest BCUT2D eigenvalue weighted by atomic mass is 35.5. The summed E-state index contributed by atoms with van der Waals surface area (Å²) in [4.78, 5) is 23.2. The molecule has 2 heterocycles. The number of aromatic nitrogens is 2. The molecule has 28 heavy (non-hydrogen) atoms. The van der Waals surface area contributed by atoms with Gasteiger partial charge in [-0.2, -0.15) is 0 Å². The van der Waals surface area contributed by atoms with Crippen molar-refractivity contribution in [2.75, 3.05) is 25.0 Å². The first-order chi connectivity index (χ1) is 13.7. The summed E-state index contributed by atoms with van der Waals surface area (Å²) in [5, 5.41) is 7.33. The lowest BCUT2D eigenvalue weighted by atomic mass is 10.0.